The number of rotatable bonds is 7. The predicted molar refractivity (Wildman–Crippen MR) is 96.1 cm³/mol. The summed E-state index contributed by atoms with van der Waals surface area (Å²) >= 11 is 0. The maximum atomic E-state index is 12.2. The lowest BCUT2D eigenvalue weighted by Crippen LogP contribution is -2.19. The first kappa shape index (κ1) is 17.3. The molecule has 1 heterocycles. The molecule has 0 aliphatic heterocycles. The highest BCUT2D eigenvalue weighted by Crippen LogP contribution is 2.15. The molecular weight excluding hydrogens is 286 g/mol. The molecule has 2 N–H and O–H groups in total. The largest absolute Gasteiger partial charge is 0.352 e. The first-order chi connectivity index (χ1) is 11.0. The van der Waals surface area contributed by atoms with Crippen molar-refractivity contribution in [1.29, 1.82) is 0 Å². The van der Waals surface area contributed by atoms with Crippen molar-refractivity contribution in [1.82, 2.24) is 9.97 Å². The van der Waals surface area contributed by atoms with Crippen LogP contribution >= 0.6 is 0 Å². The molecule has 0 unspecified atom stereocenters. The van der Waals surface area contributed by atoms with Gasteiger partial charge in [-0.05, 0) is 36.8 Å². The van der Waals surface area contributed by atoms with Crippen LogP contribution in [0.4, 0.5) is 5.95 Å². The van der Waals surface area contributed by atoms with Gasteiger partial charge in [-0.25, -0.2) is 4.98 Å². The van der Waals surface area contributed by atoms with Crippen LogP contribution in [0.2, 0.25) is 0 Å². The molecule has 2 rings (SSSR count). The van der Waals surface area contributed by atoms with Crippen molar-refractivity contribution < 1.29 is 0 Å². The van der Waals surface area contributed by atoms with E-state index in [1.807, 2.05) is 6.92 Å². The van der Waals surface area contributed by atoms with Gasteiger partial charge in [-0.1, -0.05) is 51.5 Å². The average Bonchev–Trinajstić information content (AvgIpc) is 2.52. The van der Waals surface area contributed by atoms with E-state index in [9.17, 15) is 4.79 Å². The highest BCUT2D eigenvalue weighted by atomic mass is 16.1. The van der Waals surface area contributed by atoms with Crippen LogP contribution in [0.25, 0.3) is 0 Å². The van der Waals surface area contributed by atoms with Gasteiger partial charge >= 0.3 is 0 Å². The highest BCUT2D eigenvalue weighted by molar-refractivity contribution is 5.32. The molecule has 0 amide bonds. The SMILES string of the molecule is CCCCc1c(C)nc(NCc2ccc(C(C)C)cc2)[nH]c1=O. The van der Waals surface area contributed by atoms with E-state index in [4.69, 9.17) is 0 Å². The fourth-order valence-corrected chi connectivity index (χ4v) is 2.55. The van der Waals surface area contributed by atoms with E-state index >= 15 is 0 Å². The molecule has 0 aliphatic rings. The molecule has 0 spiro atoms. The number of hydrogen-bond donors (Lipinski definition) is 2. The molecule has 0 bridgehead atoms. The summed E-state index contributed by atoms with van der Waals surface area (Å²) in [5.74, 6) is 1.08. The van der Waals surface area contributed by atoms with Gasteiger partial charge in [0.05, 0.1) is 0 Å². The lowest BCUT2D eigenvalue weighted by Gasteiger charge is -2.10. The number of aryl methyl sites for hydroxylation is 1. The van der Waals surface area contributed by atoms with Crippen molar-refractivity contribution in [3.8, 4) is 0 Å². The van der Waals surface area contributed by atoms with E-state index in [2.05, 4.69) is 60.3 Å². The van der Waals surface area contributed by atoms with Crippen LogP contribution in [-0.4, -0.2) is 9.97 Å². The third-order valence-corrected chi connectivity index (χ3v) is 4.11. The van der Waals surface area contributed by atoms with Crippen molar-refractivity contribution in [2.24, 2.45) is 0 Å². The Bertz CT molecular complexity index is 687. The van der Waals surface area contributed by atoms with Crippen LogP contribution in [0.15, 0.2) is 29.1 Å². The summed E-state index contributed by atoms with van der Waals surface area (Å²) in [6.45, 7) is 9.05. The normalized spacial score (nSPS) is 11.0. The number of benzene rings is 1. The van der Waals surface area contributed by atoms with Gasteiger partial charge in [-0.3, -0.25) is 9.78 Å². The van der Waals surface area contributed by atoms with Crippen LogP contribution in [0.3, 0.4) is 0 Å². The van der Waals surface area contributed by atoms with Crippen molar-refractivity contribution >= 4 is 5.95 Å². The van der Waals surface area contributed by atoms with Crippen LogP contribution in [-0.2, 0) is 13.0 Å². The van der Waals surface area contributed by atoms with E-state index in [0.29, 0.717) is 18.4 Å². The molecule has 0 aliphatic carbocycles. The van der Waals surface area contributed by atoms with Gasteiger partial charge in [0.15, 0.2) is 0 Å². The Hall–Kier alpha value is -2.10. The Morgan fingerprint density at radius 2 is 1.91 bits per heavy atom. The summed E-state index contributed by atoms with van der Waals surface area (Å²) in [5.41, 5.74) is 4.10. The van der Waals surface area contributed by atoms with E-state index < -0.39 is 0 Å². The molecule has 1 aromatic carbocycles. The van der Waals surface area contributed by atoms with E-state index in [-0.39, 0.29) is 5.56 Å². The van der Waals surface area contributed by atoms with E-state index in [0.717, 1.165) is 30.5 Å². The molecule has 0 saturated heterocycles. The molecule has 0 radical (unpaired) electrons. The van der Waals surface area contributed by atoms with E-state index in [1.165, 1.54) is 11.1 Å². The number of unbranched alkanes of at least 4 members (excludes halogenated alkanes) is 1. The fraction of sp³-hybridized carbons (Fsp3) is 0.474. The average molecular weight is 313 g/mol. The number of hydrogen-bond acceptors (Lipinski definition) is 3. The number of H-pyrrole nitrogens is 1. The molecule has 0 fully saturated rings. The summed E-state index contributed by atoms with van der Waals surface area (Å²) in [6.07, 6.45) is 2.88. The third kappa shape index (κ3) is 4.68. The Labute approximate surface area is 138 Å². The third-order valence-electron chi connectivity index (χ3n) is 4.11. The second kappa shape index (κ2) is 7.95. The first-order valence-electron chi connectivity index (χ1n) is 8.43. The summed E-state index contributed by atoms with van der Waals surface area (Å²) < 4.78 is 0. The number of anilines is 1. The number of nitrogens with zero attached hydrogens (tertiary/aromatic N) is 1. The summed E-state index contributed by atoms with van der Waals surface area (Å²) in [7, 11) is 0. The second-order valence-corrected chi connectivity index (χ2v) is 6.33. The summed E-state index contributed by atoms with van der Waals surface area (Å²) in [6, 6.07) is 8.53. The topological polar surface area (TPSA) is 57.8 Å². The molecule has 4 nitrogen and oxygen atoms in total. The minimum Gasteiger partial charge on any atom is -0.352 e. The zero-order valence-electron chi connectivity index (χ0n) is 14.6. The van der Waals surface area contributed by atoms with Crippen LogP contribution in [0, 0.1) is 6.92 Å². The Morgan fingerprint density at radius 1 is 1.22 bits per heavy atom. The van der Waals surface area contributed by atoms with Gasteiger partial charge in [0.2, 0.25) is 5.95 Å². The molecule has 0 atom stereocenters. The van der Waals surface area contributed by atoms with Crippen molar-refractivity contribution in [3.63, 3.8) is 0 Å². The highest BCUT2D eigenvalue weighted by Gasteiger charge is 2.07. The summed E-state index contributed by atoms with van der Waals surface area (Å²) in [5, 5.41) is 3.21. The maximum absolute atomic E-state index is 12.2. The molecule has 23 heavy (non-hydrogen) atoms. The monoisotopic (exact) mass is 313 g/mol. The molecule has 2 aromatic rings. The Kier molecular flexibility index (Phi) is 5.97. The zero-order valence-corrected chi connectivity index (χ0v) is 14.6. The molecule has 1 aromatic heterocycles. The molecule has 4 heteroatoms. The lowest BCUT2D eigenvalue weighted by atomic mass is 10.0. The van der Waals surface area contributed by atoms with Crippen molar-refractivity contribution in [2.45, 2.75) is 59.4 Å². The van der Waals surface area contributed by atoms with Crippen molar-refractivity contribution in [2.75, 3.05) is 5.32 Å². The quantitative estimate of drug-likeness (QED) is 0.807. The van der Waals surface area contributed by atoms with Gasteiger partial charge in [-0.15, -0.1) is 0 Å². The van der Waals surface area contributed by atoms with Crippen LogP contribution in [0.5, 0.6) is 0 Å². The minimum absolute atomic E-state index is 0.0244. The van der Waals surface area contributed by atoms with Gasteiger partial charge < -0.3 is 5.32 Å². The van der Waals surface area contributed by atoms with Crippen LogP contribution < -0.4 is 10.9 Å². The molecule has 124 valence electrons. The standard InChI is InChI=1S/C19H27N3O/c1-5-6-7-17-14(4)21-19(22-18(17)23)20-12-15-8-10-16(11-9-15)13(2)3/h8-11,13H,5-7,12H2,1-4H3,(H2,20,21,22,23). The van der Waals surface area contributed by atoms with Crippen molar-refractivity contribution in [3.05, 3.63) is 57.0 Å². The zero-order chi connectivity index (χ0) is 16.8. The fourth-order valence-electron chi connectivity index (χ4n) is 2.55. The lowest BCUT2D eigenvalue weighted by molar-refractivity contribution is 0.773. The van der Waals surface area contributed by atoms with Gasteiger partial charge in [0, 0.05) is 17.8 Å². The van der Waals surface area contributed by atoms with Crippen LogP contribution in [0.1, 0.15) is 61.9 Å². The Morgan fingerprint density at radius 3 is 2.48 bits per heavy atom. The maximum Gasteiger partial charge on any atom is 0.255 e. The molecular formula is C19H27N3O. The number of aromatic amines is 1. The summed E-state index contributed by atoms with van der Waals surface area (Å²) in [4.78, 5) is 19.5. The Balaban J connectivity index is 2.04. The number of nitrogens with one attached hydrogen (secondary N) is 2. The van der Waals surface area contributed by atoms with E-state index in [1.54, 1.807) is 0 Å². The predicted octanol–water partition coefficient (Wildman–Crippen LogP) is 4.16. The van der Waals surface area contributed by atoms with Gasteiger partial charge in [0.25, 0.3) is 5.56 Å². The smallest absolute Gasteiger partial charge is 0.255 e. The molecule has 0 saturated carbocycles. The van der Waals surface area contributed by atoms with Gasteiger partial charge in [-0.2, -0.15) is 0 Å². The first-order valence-corrected chi connectivity index (χ1v) is 8.43. The number of aromatic nitrogens is 2. The van der Waals surface area contributed by atoms with Gasteiger partial charge in [0.1, 0.15) is 0 Å². The second-order valence-electron chi connectivity index (χ2n) is 6.33. The minimum atomic E-state index is -0.0244.